The first-order valence-corrected chi connectivity index (χ1v) is 10.6. The predicted octanol–water partition coefficient (Wildman–Crippen LogP) is 4.31. The zero-order valence-corrected chi connectivity index (χ0v) is 17.5. The largest absolute Gasteiger partial charge is 0.467 e. The van der Waals surface area contributed by atoms with Crippen LogP contribution in [0.3, 0.4) is 0 Å². The number of halogens is 1. The van der Waals surface area contributed by atoms with Crippen LogP contribution in [-0.2, 0) is 21.2 Å². The fourth-order valence-corrected chi connectivity index (χ4v) is 4.73. The molecule has 2 aromatic heterocycles. The number of hydrogen-bond donors (Lipinski definition) is 1. The van der Waals surface area contributed by atoms with Gasteiger partial charge in [0.15, 0.2) is 0 Å². The molecule has 0 aliphatic rings. The Kier molecular flexibility index (Phi) is 5.66. The second-order valence-corrected chi connectivity index (χ2v) is 9.04. The van der Waals surface area contributed by atoms with Crippen LogP contribution in [0.5, 0.6) is 0 Å². The maximum Gasteiger partial charge on any atom is 0.228 e. The van der Waals surface area contributed by atoms with Gasteiger partial charge in [-0.05, 0) is 55.8 Å². The SMILES string of the molecule is Cc1c(S(=O)(=O)c2ccc(F)cc2)c(NC(=O)C(C)C)n(Cc2ccco2)c1C. The smallest absolute Gasteiger partial charge is 0.228 e. The van der Waals surface area contributed by atoms with E-state index in [0.29, 0.717) is 17.0 Å². The maximum absolute atomic E-state index is 13.4. The van der Waals surface area contributed by atoms with Gasteiger partial charge in [0.2, 0.25) is 15.7 Å². The van der Waals surface area contributed by atoms with Crippen LogP contribution in [0.25, 0.3) is 0 Å². The van der Waals surface area contributed by atoms with Crippen molar-refractivity contribution in [1.29, 1.82) is 0 Å². The summed E-state index contributed by atoms with van der Waals surface area (Å²) in [6.07, 6.45) is 1.53. The number of hydrogen-bond acceptors (Lipinski definition) is 4. The summed E-state index contributed by atoms with van der Waals surface area (Å²) in [5.41, 5.74) is 1.20. The van der Waals surface area contributed by atoms with Crippen LogP contribution in [0.2, 0.25) is 0 Å². The molecule has 0 atom stereocenters. The Bertz CT molecular complexity index is 1130. The van der Waals surface area contributed by atoms with Crippen molar-refractivity contribution in [3.63, 3.8) is 0 Å². The lowest BCUT2D eigenvalue weighted by Crippen LogP contribution is -2.22. The Labute approximate surface area is 169 Å². The molecule has 0 bridgehead atoms. The van der Waals surface area contributed by atoms with Crippen LogP contribution in [0.15, 0.2) is 56.9 Å². The summed E-state index contributed by atoms with van der Waals surface area (Å²) in [5, 5.41) is 2.77. The molecule has 0 aliphatic carbocycles. The van der Waals surface area contributed by atoms with Crippen molar-refractivity contribution in [3.8, 4) is 0 Å². The summed E-state index contributed by atoms with van der Waals surface area (Å²) in [6.45, 7) is 7.18. The van der Waals surface area contributed by atoms with Crippen LogP contribution in [0.1, 0.15) is 30.9 Å². The molecule has 0 unspecified atom stereocenters. The summed E-state index contributed by atoms with van der Waals surface area (Å²) < 4.78 is 47.2. The fraction of sp³-hybridized carbons (Fsp3) is 0.286. The Balaban J connectivity index is 2.22. The van der Waals surface area contributed by atoms with Gasteiger partial charge in [0.1, 0.15) is 22.3 Å². The third-order valence-electron chi connectivity index (χ3n) is 4.83. The first-order valence-electron chi connectivity index (χ1n) is 9.16. The average Bonchev–Trinajstić information content (AvgIpc) is 3.25. The van der Waals surface area contributed by atoms with Crippen LogP contribution in [0.4, 0.5) is 10.2 Å². The van der Waals surface area contributed by atoms with Gasteiger partial charge in [0.25, 0.3) is 0 Å². The topological polar surface area (TPSA) is 81.3 Å². The molecule has 0 saturated heterocycles. The summed E-state index contributed by atoms with van der Waals surface area (Å²) in [7, 11) is -4.00. The number of furan rings is 1. The number of carbonyl (C=O) groups is 1. The van der Waals surface area contributed by atoms with E-state index in [9.17, 15) is 17.6 Å². The Morgan fingerprint density at radius 3 is 2.38 bits per heavy atom. The molecule has 0 fully saturated rings. The second-order valence-electron chi connectivity index (χ2n) is 7.15. The van der Waals surface area contributed by atoms with Gasteiger partial charge in [-0.2, -0.15) is 0 Å². The van der Waals surface area contributed by atoms with E-state index in [4.69, 9.17) is 4.42 Å². The van der Waals surface area contributed by atoms with E-state index in [-0.39, 0.29) is 34.0 Å². The number of sulfone groups is 1. The Morgan fingerprint density at radius 1 is 1.17 bits per heavy atom. The number of carbonyl (C=O) groups excluding carboxylic acids is 1. The zero-order chi connectivity index (χ0) is 21.3. The molecule has 1 N–H and O–H groups in total. The number of nitrogens with one attached hydrogen (secondary N) is 1. The fourth-order valence-electron chi connectivity index (χ4n) is 3.04. The normalized spacial score (nSPS) is 11.8. The molecule has 6 nitrogen and oxygen atoms in total. The van der Waals surface area contributed by atoms with E-state index < -0.39 is 15.7 Å². The number of amides is 1. The lowest BCUT2D eigenvalue weighted by molar-refractivity contribution is -0.118. The quantitative estimate of drug-likeness (QED) is 0.605. The summed E-state index contributed by atoms with van der Waals surface area (Å²) in [6, 6.07) is 8.15. The van der Waals surface area contributed by atoms with Gasteiger partial charge in [-0.25, -0.2) is 12.8 Å². The van der Waals surface area contributed by atoms with Crippen molar-refractivity contribution in [2.75, 3.05) is 5.32 Å². The highest BCUT2D eigenvalue weighted by Crippen LogP contribution is 2.36. The first-order chi connectivity index (χ1) is 13.6. The van der Waals surface area contributed by atoms with E-state index in [1.165, 1.54) is 18.4 Å². The highest BCUT2D eigenvalue weighted by molar-refractivity contribution is 7.91. The van der Waals surface area contributed by atoms with Gasteiger partial charge in [-0.1, -0.05) is 13.8 Å². The second kappa shape index (κ2) is 7.87. The predicted molar refractivity (Wildman–Crippen MR) is 107 cm³/mol. The molecule has 8 heteroatoms. The zero-order valence-electron chi connectivity index (χ0n) is 16.7. The molecule has 1 amide bonds. The van der Waals surface area contributed by atoms with E-state index in [0.717, 1.165) is 12.1 Å². The van der Waals surface area contributed by atoms with Crippen LogP contribution < -0.4 is 5.32 Å². The Hall–Kier alpha value is -2.87. The lowest BCUT2D eigenvalue weighted by Gasteiger charge is -2.15. The molecular weight excluding hydrogens is 395 g/mol. The summed E-state index contributed by atoms with van der Waals surface area (Å²) in [4.78, 5) is 12.4. The van der Waals surface area contributed by atoms with Gasteiger partial charge in [-0.3, -0.25) is 4.79 Å². The summed E-state index contributed by atoms with van der Waals surface area (Å²) in [5.74, 6) is -0.378. The molecule has 0 aliphatic heterocycles. The third-order valence-corrected chi connectivity index (χ3v) is 6.76. The lowest BCUT2D eigenvalue weighted by atomic mass is 10.2. The number of anilines is 1. The molecule has 29 heavy (non-hydrogen) atoms. The van der Waals surface area contributed by atoms with E-state index in [2.05, 4.69) is 5.32 Å². The maximum atomic E-state index is 13.4. The molecule has 0 saturated carbocycles. The van der Waals surface area contributed by atoms with Crippen molar-refractivity contribution in [2.45, 2.75) is 44.0 Å². The number of aromatic nitrogens is 1. The van der Waals surface area contributed by atoms with E-state index >= 15 is 0 Å². The van der Waals surface area contributed by atoms with Crippen molar-refractivity contribution in [2.24, 2.45) is 5.92 Å². The minimum Gasteiger partial charge on any atom is -0.467 e. The van der Waals surface area contributed by atoms with Crippen molar-refractivity contribution < 1.29 is 22.0 Å². The Morgan fingerprint density at radius 2 is 1.83 bits per heavy atom. The molecule has 0 spiro atoms. The van der Waals surface area contributed by atoms with Crippen LogP contribution in [-0.4, -0.2) is 18.9 Å². The number of rotatable bonds is 6. The molecular formula is C21H23FN2O4S. The van der Waals surface area contributed by atoms with Gasteiger partial charge < -0.3 is 14.3 Å². The van der Waals surface area contributed by atoms with E-state index in [1.54, 1.807) is 44.4 Å². The molecule has 154 valence electrons. The van der Waals surface area contributed by atoms with Gasteiger partial charge in [-0.15, -0.1) is 0 Å². The van der Waals surface area contributed by atoms with Gasteiger partial charge >= 0.3 is 0 Å². The minimum absolute atomic E-state index is 0.00200. The molecule has 3 aromatic rings. The summed E-state index contributed by atoms with van der Waals surface area (Å²) >= 11 is 0. The van der Waals surface area contributed by atoms with Crippen LogP contribution in [0, 0.1) is 25.6 Å². The van der Waals surface area contributed by atoms with Crippen LogP contribution >= 0.6 is 0 Å². The molecule has 2 heterocycles. The average molecular weight is 418 g/mol. The molecule has 1 aromatic carbocycles. The highest BCUT2D eigenvalue weighted by atomic mass is 32.2. The standard InChI is InChI=1S/C21H23FN2O4S/c1-13(2)21(25)23-20-19(29(26,27)18-9-7-16(22)8-10-18)14(3)15(4)24(20)12-17-6-5-11-28-17/h5-11,13H,12H2,1-4H3,(H,23,25). The monoisotopic (exact) mass is 418 g/mol. The third kappa shape index (κ3) is 3.98. The van der Waals surface area contributed by atoms with Crippen molar-refractivity contribution >= 4 is 21.6 Å². The van der Waals surface area contributed by atoms with Gasteiger partial charge in [0, 0.05) is 11.6 Å². The number of nitrogens with zero attached hydrogens (tertiary/aromatic N) is 1. The number of benzene rings is 1. The van der Waals surface area contributed by atoms with Gasteiger partial charge in [0.05, 0.1) is 17.7 Å². The van der Waals surface area contributed by atoms with E-state index in [1.807, 2.05) is 0 Å². The molecule has 3 rings (SSSR count). The first kappa shape index (κ1) is 20.9. The highest BCUT2D eigenvalue weighted by Gasteiger charge is 2.31. The molecule has 0 radical (unpaired) electrons. The van der Waals surface area contributed by atoms with Crippen molar-refractivity contribution in [1.82, 2.24) is 4.57 Å². The minimum atomic E-state index is -4.00. The van der Waals surface area contributed by atoms with Crippen molar-refractivity contribution in [3.05, 3.63) is 65.5 Å².